The van der Waals surface area contributed by atoms with Crippen LogP contribution in [0.5, 0.6) is 0 Å². The highest BCUT2D eigenvalue weighted by molar-refractivity contribution is 5.91. The van der Waals surface area contributed by atoms with Gasteiger partial charge in [-0.2, -0.15) is 0 Å². The van der Waals surface area contributed by atoms with E-state index >= 15 is 0 Å². The predicted octanol–water partition coefficient (Wildman–Crippen LogP) is 2.30. The Morgan fingerprint density at radius 1 is 1.38 bits per heavy atom. The van der Waals surface area contributed by atoms with Gasteiger partial charge in [0, 0.05) is 18.3 Å². The van der Waals surface area contributed by atoms with Crippen LogP contribution in [0, 0.1) is 0 Å². The van der Waals surface area contributed by atoms with Crippen LogP contribution < -0.4 is 4.90 Å². The van der Waals surface area contributed by atoms with Crippen molar-refractivity contribution >= 4 is 11.7 Å². The van der Waals surface area contributed by atoms with Gasteiger partial charge in [-0.1, -0.05) is 6.07 Å². The van der Waals surface area contributed by atoms with Crippen LogP contribution >= 0.6 is 0 Å². The maximum Gasteiger partial charge on any atom is 0.336 e. The third-order valence-corrected chi connectivity index (χ3v) is 3.50. The smallest absolute Gasteiger partial charge is 0.336 e. The van der Waals surface area contributed by atoms with Gasteiger partial charge in [0.25, 0.3) is 0 Å². The molecular formula is C13H15NO2. The number of anilines is 1. The molecule has 0 unspecified atom stereocenters. The van der Waals surface area contributed by atoms with Crippen molar-refractivity contribution < 1.29 is 9.90 Å². The highest BCUT2D eigenvalue weighted by Crippen LogP contribution is 2.37. The van der Waals surface area contributed by atoms with Gasteiger partial charge in [0.1, 0.15) is 0 Å². The third kappa shape index (κ3) is 1.47. The number of hydrogen-bond acceptors (Lipinski definition) is 2. The van der Waals surface area contributed by atoms with Gasteiger partial charge < -0.3 is 10.0 Å². The number of aromatic carboxylic acids is 1. The fourth-order valence-electron chi connectivity index (χ4n) is 2.62. The molecule has 3 nitrogen and oxygen atoms in total. The topological polar surface area (TPSA) is 40.5 Å². The zero-order chi connectivity index (χ0) is 11.1. The quantitative estimate of drug-likeness (QED) is 0.826. The number of fused-ring (bicyclic) bond motifs is 1. The molecule has 1 N–H and O–H groups in total. The Morgan fingerprint density at radius 2 is 2.19 bits per heavy atom. The highest BCUT2D eigenvalue weighted by atomic mass is 16.4. The van der Waals surface area contributed by atoms with E-state index in [9.17, 15) is 4.79 Å². The van der Waals surface area contributed by atoms with Gasteiger partial charge in [0.15, 0.2) is 0 Å². The molecule has 2 aliphatic rings. The lowest BCUT2D eigenvalue weighted by molar-refractivity contribution is 0.0695. The molecule has 0 saturated heterocycles. The normalized spacial score (nSPS) is 19.4. The largest absolute Gasteiger partial charge is 0.478 e. The summed E-state index contributed by atoms with van der Waals surface area (Å²) in [7, 11) is 0. The van der Waals surface area contributed by atoms with Crippen LogP contribution in [0.25, 0.3) is 0 Å². The standard InChI is InChI=1S/C13H15NO2/c15-13(16)11-3-1-5-12-10(11)4-2-8-14(12)9-6-7-9/h1,3,5,9H,2,4,6-8H2,(H,15,16). The summed E-state index contributed by atoms with van der Waals surface area (Å²) in [6.45, 7) is 1.08. The summed E-state index contributed by atoms with van der Waals surface area (Å²) in [6, 6.07) is 6.32. The number of hydrogen-bond donors (Lipinski definition) is 1. The Morgan fingerprint density at radius 3 is 2.88 bits per heavy atom. The second-order valence-electron chi connectivity index (χ2n) is 4.64. The summed E-state index contributed by atoms with van der Waals surface area (Å²) >= 11 is 0. The Labute approximate surface area is 94.7 Å². The van der Waals surface area contributed by atoms with E-state index < -0.39 is 5.97 Å². The number of rotatable bonds is 2. The van der Waals surface area contributed by atoms with Crippen LogP contribution in [-0.4, -0.2) is 23.7 Å². The van der Waals surface area contributed by atoms with Gasteiger partial charge in [-0.15, -0.1) is 0 Å². The monoisotopic (exact) mass is 217 g/mol. The van der Waals surface area contributed by atoms with E-state index in [0.717, 1.165) is 30.6 Å². The number of carbonyl (C=O) groups is 1. The van der Waals surface area contributed by atoms with E-state index in [1.165, 1.54) is 12.8 Å². The molecule has 3 rings (SSSR count). The maximum atomic E-state index is 11.1. The molecule has 1 heterocycles. The summed E-state index contributed by atoms with van der Waals surface area (Å²) in [5, 5.41) is 9.16. The molecule has 16 heavy (non-hydrogen) atoms. The van der Waals surface area contributed by atoms with Crippen molar-refractivity contribution in [1.29, 1.82) is 0 Å². The Bertz CT molecular complexity index is 438. The number of carboxylic acids is 1. The first-order valence-corrected chi connectivity index (χ1v) is 5.89. The number of benzene rings is 1. The molecule has 0 atom stereocenters. The number of nitrogens with zero attached hydrogens (tertiary/aromatic N) is 1. The Balaban J connectivity index is 2.07. The van der Waals surface area contributed by atoms with Gasteiger partial charge in [-0.25, -0.2) is 4.79 Å². The van der Waals surface area contributed by atoms with E-state index in [2.05, 4.69) is 11.0 Å². The molecule has 1 aliphatic carbocycles. The SMILES string of the molecule is O=C(O)c1cccc2c1CCCN2C1CC1. The van der Waals surface area contributed by atoms with E-state index in [4.69, 9.17) is 5.11 Å². The predicted molar refractivity (Wildman–Crippen MR) is 62.1 cm³/mol. The highest BCUT2D eigenvalue weighted by Gasteiger charge is 2.32. The first-order chi connectivity index (χ1) is 7.77. The fourth-order valence-corrected chi connectivity index (χ4v) is 2.62. The molecule has 84 valence electrons. The summed E-state index contributed by atoms with van der Waals surface area (Å²) in [6.07, 6.45) is 4.50. The molecule has 3 heteroatoms. The van der Waals surface area contributed by atoms with Crippen molar-refractivity contribution in [3.63, 3.8) is 0 Å². The Kier molecular flexibility index (Phi) is 2.13. The molecule has 0 bridgehead atoms. The zero-order valence-electron chi connectivity index (χ0n) is 9.15. The Hall–Kier alpha value is -1.51. The van der Waals surface area contributed by atoms with E-state index in [0.29, 0.717) is 11.6 Å². The van der Waals surface area contributed by atoms with Gasteiger partial charge in [0.2, 0.25) is 0 Å². The van der Waals surface area contributed by atoms with Crippen molar-refractivity contribution in [1.82, 2.24) is 0 Å². The molecular weight excluding hydrogens is 202 g/mol. The second kappa shape index (κ2) is 3.51. The van der Waals surface area contributed by atoms with Gasteiger partial charge >= 0.3 is 5.97 Å². The molecule has 1 fully saturated rings. The first kappa shape index (κ1) is 9.70. The molecule has 1 saturated carbocycles. The lowest BCUT2D eigenvalue weighted by Crippen LogP contribution is -2.32. The van der Waals surface area contributed by atoms with Crippen LogP contribution in [0.2, 0.25) is 0 Å². The van der Waals surface area contributed by atoms with Crippen LogP contribution in [0.15, 0.2) is 18.2 Å². The van der Waals surface area contributed by atoms with Crippen molar-refractivity contribution in [2.75, 3.05) is 11.4 Å². The molecule has 0 amide bonds. The zero-order valence-corrected chi connectivity index (χ0v) is 9.15. The lowest BCUT2D eigenvalue weighted by Gasteiger charge is -2.32. The fraction of sp³-hybridized carbons (Fsp3) is 0.462. The van der Waals surface area contributed by atoms with Crippen LogP contribution in [0.1, 0.15) is 35.2 Å². The number of carboxylic acid groups (broad SMARTS) is 1. The molecule has 0 spiro atoms. The van der Waals surface area contributed by atoms with Gasteiger partial charge in [-0.05, 0) is 43.4 Å². The van der Waals surface area contributed by atoms with Crippen molar-refractivity contribution in [2.45, 2.75) is 31.7 Å². The van der Waals surface area contributed by atoms with Crippen LogP contribution in [0.3, 0.4) is 0 Å². The maximum absolute atomic E-state index is 11.1. The van der Waals surface area contributed by atoms with E-state index in [1.807, 2.05) is 6.07 Å². The van der Waals surface area contributed by atoms with Crippen molar-refractivity contribution in [3.05, 3.63) is 29.3 Å². The molecule has 0 radical (unpaired) electrons. The second-order valence-corrected chi connectivity index (χ2v) is 4.64. The van der Waals surface area contributed by atoms with E-state index in [-0.39, 0.29) is 0 Å². The van der Waals surface area contributed by atoms with Crippen molar-refractivity contribution in [3.8, 4) is 0 Å². The summed E-state index contributed by atoms with van der Waals surface area (Å²) in [5.41, 5.74) is 2.68. The van der Waals surface area contributed by atoms with Crippen LogP contribution in [0.4, 0.5) is 5.69 Å². The summed E-state index contributed by atoms with van der Waals surface area (Å²) < 4.78 is 0. The molecule has 1 aromatic carbocycles. The minimum absolute atomic E-state index is 0.489. The average Bonchev–Trinajstić information content (AvgIpc) is 3.11. The van der Waals surface area contributed by atoms with Gasteiger partial charge in [-0.3, -0.25) is 0 Å². The minimum atomic E-state index is -0.797. The average molecular weight is 217 g/mol. The summed E-state index contributed by atoms with van der Waals surface area (Å²) in [4.78, 5) is 13.5. The third-order valence-electron chi connectivity index (χ3n) is 3.50. The minimum Gasteiger partial charge on any atom is -0.478 e. The molecule has 1 aliphatic heterocycles. The van der Waals surface area contributed by atoms with Crippen molar-refractivity contribution in [2.24, 2.45) is 0 Å². The van der Waals surface area contributed by atoms with E-state index in [1.54, 1.807) is 6.07 Å². The molecule has 0 aromatic heterocycles. The summed E-state index contributed by atoms with van der Waals surface area (Å²) in [5.74, 6) is -0.797. The molecule has 1 aromatic rings. The first-order valence-electron chi connectivity index (χ1n) is 5.89. The lowest BCUT2D eigenvalue weighted by atomic mass is 9.96. The van der Waals surface area contributed by atoms with Crippen LogP contribution in [-0.2, 0) is 6.42 Å². The van der Waals surface area contributed by atoms with Gasteiger partial charge in [0.05, 0.1) is 5.56 Å².